The third-order valence-corrected chi connectivity index (χ3v) is 5.10. The molecule has 0 N–H and O–H groups in total. The normalized spacial score (nSPS) is 24.3. The highest BCUT2D eigenvalue weighted by atomic mass is 35.5. The third-order valence-electron chi connectivity index (χ3n) is 4.84. The predicted molar refractivity (Wildman–Crippen MR) is 87.0 cm³/mol. The van der Waals surface area contributed by atoms with Crippen molar-refractivity contribution < 1.29 is 4.79 Å². The highest BCUT2D eigenvalue weighted by Crippen LogP contribution is 2.47. The Morgan fingerprint density at radius 2 is 1.77 bits per heavy atom. The van der Waals surface area contributed by atoms with Crippen LogP contribution in [0.4, 0.5) is 0 Å². The summed E-state index contributed by atoms with van der Waals surface area (Å²) < 4.78 is 0. The van der Waals surface area contributed by atoms with Crippen molar-refractivity contribution in [1.82, 2.24) is 9.80 Å². The number of carbonyl (C=O) groups is 1. The van der Waals surface area contributed by atoms with Gasteiger partial charge in [-0.3, -0.25) is 9.69 Å². The zero-order valence-corrected chi connectivity index (χ0v) is 13.2. The van der Waals surface area contributed by atoms with Crippen molar-refractivity contribution in [2.45, 2.75) is 12.1 Å². The highest BCUT2D eigenvalue weighted by molar-refractivity contribution is 6.30. The Morgan fingerprint density at radius 1 is 1.05 bits per heavy atom. The van der Waals surface area contributed by atoms with Crippen LogP contribution in [0.1, 0.15) is 27.9 Å². The van der Waals surface area contributed by atoms with E-state index in [9.17, 15) is 4.79 Å². The van der Waals surface area contributed by atoms with Crippen molar-refractivity contribution in [3.63, 3.8) is 0 Å². The molecule has 0 saturated carbocycles. The number of carbonyl (C=O) groups excluding carboxylic acids is 1. The molecule has 1 unspecified atom stereocenters. The second-order valence-corrected chi connectivity index (χ2v) is 6.39. The van der Waals surface area contributed by atoms with Gasteiger partial charge in [0.15, 0.2) is 0 Å². The van der Waals surface area contributed by atoms with Crippen molar-refractivity contribution >= 4 is 17.5 Å². The van der Waals surface area contributed by atoms with E-state index in [0.29, 0.717) is 5.02 Å². The van der Waals surface area contributed by atoms with Gasteiger partial charge in [-0.05, 0) is 37.2 Å². The Balaban J connectivity index is 2.02. The lowest BCUT2D eigenvalue weighted by Crippen LogP contribution is -2.59. The Hall–Kier alpha value is -1.84. The summed E-state index contributed by atoms with van der Waals surface area (Å²) in [5.41, 5.74) is 2.48. The van der Waals surface area contributed by atoms with Gasteiger partial charge >= 0.3 is 0 Å². The maximum Gasteiger partial charge on any atom is 0.256 e. The topological polar surface area (TPSA) is 23.6 Å². The van der Waals surface area contributed by atoms with Gasteiger partial charge in [-0.2, -0.15) is 0 Å². The molecule has 0 bridgehead atoms. The van der Waals surface area contributed by atoms with Crippen LogP contribution >= 0.6 is 11.6 Å². The van der Waals surface area contributed by atoms with E-state index in [-0.39, 0.29) is 5.91 Å². The maximum absolute atomic E-state index is 12.9. The van der Waals surface area contributed by atoms with Crippen molar-refractivity contribution in [1.29, 1.82) is 0 Å². The summed E-state index contributed by atoms with van der Waals surface area (Å²) in [4.78, 5) is 17.2. The molecule has 1 fully saturated rings. The molecule has 112 valence electrons. The number of halogens is 1. The van der Waals surface area contributed by atoms with Crippen LogP contribution in [0, 0.1) is 0 Å². The van der Waals surface area contributed by atoms with Gasteiger partial charge < -0.3 is 4.90 Å². The molecule has 2 aromatic rings. The number of nitrogens with zero attached hydrogens (tertiary/aromatic N) is 2. The molecular weight excluding hydrogens is 296 g/mol. The molecule has 1 saturated heterocycles. The molecule has 0 aliphatic carbocycles. The lowest BCUT2D eigenvalue weighted by Gasteiger charge is -2.49. The van der Waals surface area contributed by atoms with E-state index in [1.165, 1.54) is 0 Å². The Bertz CT molecular complexity index is 743. The molecular formula is C18H17ClN2O. The minimum atomic E-state index is -0.503. The number of hydrogen-bond acceptors (Lipinski definition) is 2. The van der Waals surface area contributed by atoms with Crippen LogP contribution in [-0.4, -0.2) is 35.8 Å². The Morgan fingerprint density at radius 3 is 2.55 bits per heavy atom. The van der Waals surface area contributed by atoms with Gasteiger partial charge in [0.1, 0.15) is 5.66 Å². The van der Waals surface area contributed by atoms with Crippen LogP contribution in [0.15, 0.2) is 48.5 Å². The second kappa shape index (κ2) is 4.83. The fraction of sp³-hybridized carbons (Fsp3) is 0.278. The minimum absolute atomic E-state index is 0.122. The predicted octanol–water partition coefficient (Wildman–Crippen LogP) is 3.33. The lowest BCUT2D eigenvalue weighted by atomic mass is 9.87. The molecule has 4 rings (SSSR count). The summed E-state index contributed by atoms with van der Waals surface area (Å²) in [5.74, 6) is 0.122. The molecule has 3 nitrogen and oxygen atoms in total. The van der Waals surface area contributed by atoms with E-state index in [4.69, 9.17) is 11.6 Å². The first kappa shape index (κ1) is 13.8. The van der Waals surface area contributed by atoms with Crippen LogP contribution in [0.25, 0.3) is 0 Å². The van der Waals surface area contributed by atoms with E-state index < -0.39 is 5.66 Å². The van der Waals surface area contributed by atoms with Crippen molar-refractivity contribution in [2.75, 3.05) is 20.1 Å². The molecule has 0 spiro atoms. The van der Waals surface area contributed by atoms with Crippen LogP contribution in [-0.2, 0) is 5.66 Å². The Labute approximate surface area is 135 Å². The minimum Gasteiger partial charge on any atom is -0.312 e. The molecule has 4 heteroatoms. The average Bonchev–Trinajstić information content (AvgIpc) is 2.80. The van der Waals surface area contributed by atoms with Gasteiger partial charge in [-0.1, -0.05) is 41.9 Å². The zero-order valence-electron chi connectivity index (χ0n) is 12.4. The van der Waals surface area contributed by atoms with E-state index in [0.717, 1.165) is 36.2 Å². The smallest absolute Gasteiger partial charge is 0.256 e. The summed E-state index contributed by atoms with van der Waals surface area (Å²) in [5, 5.41) is 0.711. The molecule has 1 amide bonds. The van der Waals surface area contributed by atoms with Crippen LogP contribution in [0.3, 0.4) is 0 Å². The van der Waals surface area contributed by atoms with E-state index in [1.54, 1.807) is 0 Å². The van der Waals surface area contributed by atoms with Crippen LogP contribution in [0.2, 0.25) is 5.02 Å². The van der Waals surface area contributed by atoms with Gasteiger partial charge in [0, 0.05) is 29.2 Å². The SMILES string of the molecule is CN1CCCN2C(=O)c3ccccc3C12c1ccc(Cl)cc1. The highest BCUT2D eigenvalue weighted by Gasteiger charge is 2.54. The van der Waals surface area contributed by atoms with Crippen LogP contribution < -0.4 is 0 Å². The molecule has 2 heterocycles. The van der Waals surface area contributed by atoms with Gasteiger partial charge in [0.05, 0.1) is 0 Å². The quantitative estimate of drug-likeness (QED) is 0.806. The number of benzene rings is 2. The number of fused-ring (bicyclic) bond motifs is 3. The van der Waals surface area contributed by atoms with Gasteiger partial charge in [0.25, 0.3) is 5.91 Å². The number of amides is 1. The lowest BCUT2D eigenvalue weighted by molar-refractivity contribution is -0.0229. The molecule has 22 heavy (non-hydrogen) atoms. The van der Waals surface area contributed by atoms with Gasteiger partial charge in [-0.15, -0.1) is 0 Å². The van der Waals surface area contributed by atoms with Crippen molar-refractivity contribution in [2.24, 2.45) is 0 Å². The van der Waals surface area contributed by atoms with Crippen molar-refractivity contribution in [3.05, 3.63) is 70.2 Å². The first-order valence-corrected chi connectivity index (χ1v) is 7.92. The standard InChI is InChI=1S/C18H17ClN2O/c1-20-11-4-12-21-17(22)15-5-2-3-6-16(15)18(20,21)13-7-9-14(19)10-8-13/h2-3,5-10H,4,11-12H2,1H3. The van der Waals surface area contributed by atoms with E-state index >= 15 is 0 Å². The second-order valence-electron chi connectivity index (χ2n) is 5.96. The Kier molecular flexibility index (Phi) is 3.03. The summed E-state index contributed by atoms with van der Waals surface area (Å²) in [7, 11) is 2.09. The number of hydrogen-bond donors (Lipinski definition) is 0. The first-order chi connectivity index (χ1) is 10.7. The first-order valence-electron chi connectivity index (χ1n) is 7.54. The molecule has 1 atom stereocenters. The molecule has 0 aromatic heterocycles. The van der Waals surface area contributed by atoms with Gasteiger partial charge in [-0.25, -0.2) is 0 Å². The number of rotatable bonds is 1. The molecule has 2 aromatic carbocycles. The largest absolute Gasteiger partial charge is 0.312 e. The summed E-state index contributed by atoms with van der Waals surface area (Å²) in [6.07, 6.45) is 0.992. The summed E-state index contributed by atoms with van der Waals surface area (Å²) >= 11 is 6.06. The molecule has 0 radical (unpaired) electrons. The molecule has 2 aliphatic rings. The third kappa shape index (κ3) is 1.64. The molecule has 2 aliphatic heterocycles. The van der Waals surface area contributed by atoms with Crippen LogP contribution in [0.5, 0.6) is 0 Å². The average molecular weight is 313 g/mol. The zero-order chi connectivity index (χ0) is 15.3. The van der Waals surface area contributed by atoms with Gasteiger partial charge in [0.2, 0.25) is 0 Å². The van der Waals surface area contributed by atoms with Crippen molar-refractivity contribution in [3.8, 4) is 0 Å². The monoisotopic (exact) mass is 312 g/mol. The fourth-order valence-electron chi connectivity index (χ4n) is 3.93. The summed E-state index contributed by atoms with van der Waals surface area (Å²) in [6, 6.07) is 15.8. The van der Waals surface area contributed by atoms with E-state index in [2.05, 4.69) is 18.0 Å². The van der Waals surface area contributed by atoms with E-state index in [1.807, 2.05) is 47.4 Å². The maximum atomic E-state index is 12.9. The summed E-state index contributed by atoms with van der Waals surface area (Å²) in [6.45, 7) is 1.74. The fourth-order valence-corrected chi connectivity index (χ4v) is 4.05.